The molecule has 6 heteroatoms. The van der Waals surface area contributed by atoms with Gasteiger partial charge in [0.2, 0.25) is 5.91 Å². The molecule has 1 aliphatic heterocycles. The van der Waals surface area contributed by atoms with E-state index in [-0.39, 0.29) is 24.3 Å². The maximum absolute atomic E-state index is 13.0. The van der Waals surface area contributed by atoms with Crippen LogP contribution in [0.4, 0.5) is 4.79 Å². The Morgan fingerprint density at radius 1 is 1.27 bits per heavy atom. The first-order valence-corrected chi connectivity index (χ1v) is 9.43. The highest BCUT2D eigenvalue weighted by molar-refractivity contribution is 6.09. The fourth-order valence-electron chi connectivity index (χ4n) is 4.05. The lowest BCUT2D eigenvalue weighted by Gasteiger charge is -2.36. The van der Waals surface area contributed by atoms with Crippen LogP contribution in [0.25, 0.3) is 0 Å². The smallest absolute Gasteiger partial charge is 0.325 e. The van der Waals surface area contributed by atoms with Gasteiger partial charge < -0.3 is 10.2 Å². The highest BCUT2D eigenvalue weighted by atomic mass is 16.2. The Hall–Kier alpha value is -2.37. The van der Waals surface area contributed by atoms with Gasteiger partial charge in [0, 0.05) is 13.1 Å². The highest BCUT2D eigenvalue weighted by Crippen LogP contribution is 2.38. The molecule has 1 spiro atoms. The van der Waals surface area contributed by atoms with Gasteiger partial charge in [0.1, 0.15) is 12.1 Å². The lowest BCUT2D eigenvalue weighted by Crippen LogP contribution is -2.54. The van der Waals surface area contributed by atoms with Crippen molar-refractivity contribution in [3.63, 3.8) is 0 Å². The summed E-state index contributed by atoms with van der Waals surface area (Å²) in [7, 11) is 0. The summed E-state index contributed by atoms with van der Waals surface area (Å²) in [6.07, 6.45) is 3.58. The molecule has 26 heavy (non-hydrogen) atoms. The van der Waals surface area contributed by atoms with E-state index in [2.05, 4.69) is 5.32 Å². The van der Waals surface area contributed by atoms with Crippen LogP contribution >= 0.6 is 0 Å². The molecule has 6 nitrogen and oxygen atoms in total. The summed E-state index contributed by atoms with van der Waals surface area (Å²) in [5.74, 6) is -0.349. The maximum Gasteiger partial charge on any atom is 0.325 e. The molecule has 0 unspecified atom stereocenters. The molecular formula is C20H27N3O3. The minimum atomic E-state index is -0.813. The van der Waals surface area contributed by atoms with E-state index in [1.807, 2.05) is 44.2 Å². The Morgan fingerprint density at radius 3 is 2.65 bits per heavy atom. The lowest BCUT2D eigenvalue weighted by atomic mass is 9.73. The van der Waals surface area contributed by atoms with Crippen LogP contribution in [0.1, 0.15) is 45.1 Å². The Labute approximate surface area is 154 Å². The third kappa shape index (κ3) is 3.32. The van der Waals surface area contributed by atoms with Gasteiger partial charge in [0.25, 0.3) is 5.91 Å². The summed E-state index contributed by atoms with van der Waals surface area (Å²) < 4.78 is 0. The van der Waals surface area contributed by atoms with Gasteiger partial charge in [0.15, 0.2) is 0 Å². The normalized spacial score (nSPS) is 25.5. The Bertz CT molecular complexity index is 691. The van der Waals surface area contributed by atoms with Gasteiger partial charge in [-0.05, 0) is 31.2 Å². The molecule has 2 atom stereocenters. The number of amides is 4. The van der Waals surface area contributed by atoms with Crippen LogP contribution < -0.4 is 5.32 Å². The molecule has 1 saturated heterocycles. The number of nitrogens with zero attached hydrogens (tertiary/aromatic N) is 2. The first-order valence-electron chi connectivity index (χ1n) is 9.43. The largest absolute Gasteiger partial charge is 0.337 e. The fraction of sp³-hybridized carbons (Fsp3) is 0.550. The molecule has 1 N–H and O–H groups in total. The molecule has 4 amide bonds. The Morgan fingerprint density at radius 2 is 2.00 bits per heavy atom. The van der Waals surface area contributed by atoms with Gasteiger partial charge in [-0.1, -0.05) is 50.1 Å². The van der Waals surface area contributed by atoms with Crippen molar-refractivity contribution >= 4 is 17.8 Å². The van der Waals surface area contributed by atoms with Crippen molar-refractivity contribution in [2.75, 3.05) is 13.1 Å². The second-order valence-electron chi connectivity index (χ2n) is 7.33. The summed E-state index contributed by atoms with van der Waals surface area (Å²) in [4.78, 5) is 40.9. The lowest BCUT2D eigenvalue weighted by molar-refractivity contribution is -0.140. The maximum atomic E-state index is 13.0. The standard InChI is InChI=1S/C20H27N3O3/c1-3-22(13-16-10-5-4-6-11-16)17(24)14-23-18(25)20(21-19(23)26)12-8-7-9-15(20)2/h4-6,10-11,15H,3,7-9,12-14H2,1-2H3,(H,21,26)/t15-,20-/m1/s1. The van der Waals surface area contributed by atoms with Gasteiger partial charge in [0.05, 0.1) is 0 Å². The average Bonchev–Trinajstić information content (AvgIpc) is 2.88. The number of rotatable bonds is 5. The zero-order chi connectivity index (χ0) is 18.7. The van der Waals surface area contributed by atoms with Crippen molar-refractivity contribution in [2.24, 2.45) is 5.92 Å². The van der Waals surface area contributed by atoms with E-state index >= 15 is 0 Å². The number of hydrogen-bond donors (Lipinski definition) is 1. The monoisotopic (exact) mass is 357 g/mol. The predicted molar refractivity (Wildman–Crippen MR) is 98.1 cm³/mol. The minimum absolute atomic E-state index is 0.0967. The van der Waals surface area contributed by atoms with E-state index in [1.165, 1.54) is 0 Å². The van der Waals surface area contributed by atoms with E-state index < -0.39 is 11.6 Å². The van der Waals surface area contributed by atoms with Gasteiger partial charge in [-0.15, -0.1) is 0 Å². The molecular weight excluding hydrogens is 330 g/mol. The molecule has 0 bridgehead atoms. The number of carbonyl (C=O) groups excluding carboxylic acids is 3. The van der Waals surface area contributed by atoms with Crippen LogP contribution in [0, 0.1) is 5.92 Å². The van der Waals surface area contributed by atoms with Crippen molar-refractivity contribution in [1.82, 2.24) is 15.1 Å². The first-order chi connectivity index (χ1) is 12.5. The number of hydrogen-bond acceptors (Lipinski definition) is 3. The van der Waals surface area contributed by atoms with E-state index in [0.717, 1.165) is 29.7 Å². The molecule has 2 fully saturated rings. The summed E-state index contributed by atoms with van der Waals surface area (Å²) in [6.45, 7) is 4.72. The van der Waals surface area contributed by atoms with Crippen molar-refractivity contribution in [2.45, 2.75) is 51.6 Å². The Balaban J connectivity index is 1.70. The summed E-state index contributed by atoms with van der Waals surface area (Å²) in [5.41, 5.74) is 0.212. The van der Waals surface area contributed by atoms with E-state index in [9.17, 15) is 14.4 Å². The van der Waals surface area contributed by atoms with Crippen LogP contribution in [0.15, 0.2) is 30.3 Å². The fourth-order valence-corrected chi connectivity index (χ4v) is 4.05. The average molecular weight is 357 g/mol. The molecule has 1 aliphatic carbocycles. The third-order valence-corrected chi connectivity index (χ3v) is 5.75. The second kappa shape index (κ2) is 7.48. The van der Waals surface area contributed by atoms with Crippen LogP contribution in [0.5, 0.6) is 0 Å². The zero-order valence-electron chi connectivity index (χ0n) is 15.5. The topological polar surface area (TPSA) is 69.7 Å². The number of benzene rings is 1. The third-order valence-electron chi connectivity index (χ3n) is 5.75. The first kappa shape index (κ1) is 18.4. The molecule has 1 heterocycles. The minimum Gasteiger partial charge on any atom is -0.337 e. The van der Waals surface area contributed by atoms with Gasteiger partial charge in [-0.2, -0.15) is 0 Å². The zero-order valence-corrected chi connectivity index (χ0v) is 15.5. The molecule has 1 aromatic carbocycles. The van der Waals surface area contributed by atoms with Crippen LogP contribution in [0.2, 0.25) is 0 Å². The van der Waals surface area contributed by atoms with Crippen LogP contribution in [0.3, 0.4) is 0 Å². The Kier molecular flexibility index (Phi) is 5.30. The molecule has 3 rings (SSSR count). The van der Waals surface area contributed by atoms with Gasteiger partial charge in [-0.25, -0.2) is 4.79 Å². The SMILES string of the molecule is CCN(Cc1ccccc1)C(=O)CN1C(=O)N[C@@]2(CCCC[C@H]2C)C1=O. The van der Waals surface area contributed by atoms with E-state index in [1.54, 1.807) is 4.90 Å². The van der Waals surface area contributed by atoms with Crippen LogP contribution in [-0.4, -0.2) is 46.3 Å². The summed E-state index contributed by atoms with van der Waals surface area (Å²) in [6, 6.07) is 9.27. The van der Waals surface area contributed by atoms with Crippen LogP contribution in [-0.2, 0) is 16.1 Å². The molecule has 0 radical (unpaired) electrons. The molecule has 0 aromatic heterocycles. The second-order valence-corrected chi connectivity index (χ2v) is 7.33. The number of imide groups is 1. The van der Waals surface area contributed by atoms with Gasteiger partial charge >= 0.3 is 6.03 Å². The predicted octanol–water partition coefficient (Wildman–Crippen LogP) is 2.54. The number of nitrogens with one attached hydrogen (secondary N) is 1. The summed E-state index contributed by atoms with van der Waals surface area (Å²) >= 11 is 0. The van der Waals surface area contributed by atoms with Crippen molar-refractivity contribution in [1.29, 1.82) is 0 Å². The summed E-state index contributed by atoms with van der Waals surface area (Å²) in [5, 5.41) is 2.90. The van der Waals surface area contributed by atoms with Crippen molar-refractivity contribution < 1.29 is 14.4 Å². The van der Waals surface area contributed by atoms with Gasteiger partial charge in [-0.3, -0.25) is 14.5 Å². The quantitative estimate of drug-likeness (QED) is 0.823. The number of likely N-dealkylation sites (N-methyl/N-ethyl adjacent to an activating group) is 1. The van der Waals surface area contributed by atoms with E-state index in [0.29, 0.717) is 19.5 Å². The van der Waals surface area contributed by atoms with Crippen molar-refractivity contribution in [3.05, 3.63) is 35.9 Å². The molecule has 1 aromatic rings. The van der Waals surface area contributed by atoms with Crippen molar-refractivity contribution in [3.8, 4) is 0 Å². The molecule has 1 saturated carbocycles. The highest BCUT2D eigenvalue weighted by Gasteiger charge is 2.55. The number of urea groups is 1. The number of carbonyl (C=O) groups is 3. The molecule has 140 valence electrons. The van der Waals surface area contributed by atoms with E-state index in [4.69, 9.17) is 0 Å². The molecule has 2 aliphatic rings.